The third-order valence-electron chi connectivity index (χ3n) is 2.08. The van der Waals surface area contributed by atoms with Gasteiger partial charge in [-0.2, -0.15) is 0 Å². The number of rotatable bonds is 1. The average molecular weight is 215 g/mol. The van der Waals surface area contributed by atoms with Gasteiger partial charge in [-0.05, 0) is 25.0 Å². The van der Waals surface area contributed by atoms with Crippen molar-refractivity contribution in [3.63, 3.8) is 0 Å². The number of hydrogen-bond donors (Lipinski definition) is 0. The van der Waals surface area contributed by atoms with Crippen molar-refractivity contribution in [2.75, 3.05) is 7.05 Å². The van der Waals surface area contributed by atoms with E-state index in [2.05, 4.69) is 42.9 Å². The molecule has 0 aromatic rings. The average Bonchev–Trinajstić information content (AvgIpc) is 2.37. The smallest absolute Gasteiger partial charge is 0.0357 e. The lowest BCUT2D eigenvalue weighted by Gasteiger charge is -2.14. The first-order chi connectivity index (χ1) is 7.84. The van der Waals surface area contributed by atoms with Crippen molar-refractivity contribution in [3.8, 4) is 0 Å². The van der Waals surface area contributed by atoms with Crippen molar-refractivity contribution in [1.82, 2.24) is 4.90 Å². The SMILES string of the molecule is C=C.C=C/C1=C/CC/C=C/C=C\C=C\N1C. The first-order valence-corrected chi connectivity index (χ1v) is 5.40. The van der Waals surface area contributed by atoms with Crippen LogP contribution in [0.4, 0.5) is 0 Å². The van der Waals surface area contributed by atoms with Gasteiger partial charge in [0.2, 0.25) is 0 Å². The molecule has 0 spiro atoms. The maximum atomic E-state index is 3.80. The zero-order valence-corrected chi connectivity index (χ0v) is 10.1. The van der Waals surface area contributed by atoms with E-state index in [9.17, 15) is 0 Å². The Hall–Kier alpha value is -1.76. The summed E-state index contributed by atoms with van der Waals surface area (Å²) in [6, 6.07) is 0. The third kappa shape index (κ3) is 5.86. The van der Waals surface area contributed by atoms with Crippen LogP contribution in [0.2, 0.25) is 0 Å². The highest BCUT2D eigenvalue weighted by atomic mass is 15.1. The van der Waals surface area contributed by atoms with Crippen LogP contribution >= 0.6 is 0 Å². The summed E-state index contributed by atoms with van der Waals surface area (Å²) in [7, 11) is 2.03. The summed E-state index contributed by atoms with van der Waals surface area (Å²) in [4.78, 5) is 2.07. The van der Waals surface area contributed by atoms with Crippen molar-refractivity contribution in [2.45, 2.75) is 12.8 Å². The molecule has 0 aliphatic carbocycles. The van der Waals surface area contributed by atoms with Gasteiger partial charge in [-0.25, -0.2) is 0 Å². The topological polar surface area (TPSA) is 3.24 Å². The van der Waals surface area contributed by atoms with Crippen LogP contribution in [0.25, 0.3) is 0 Å². The Labute approximate surface area is 99.5 Å². The zero-order valence-electron chi connectivity index (χ0n) is 10.1. The molecule has 16 heavy (non-hydrogen) atoms. The first kappa shape index (κ1) is 14.2. The molecule has 1 aliphatic heterocycles. The molecule has 0 saturated heterocycles. The summed E-state index contributed by atoms with van der Waals surface area (Å²) in [5, 5.41) is 0. The summed E-state index contributed by atoms with van der Waals surface area (Å²) in [5.41, 5.74) is 1.16. The van der Waals surface area contributed by atoms with Crippen LogP contribution in [0.3, 0.4) is 0 Å². The van der Waals surface area contributed by atoms with Crippen LogP contribution in [-0.4, -0.2) is 11.9 Å². The van der Waals surface area contributed by atoms with Gasteiger partial charge >= 0.3 is 0 Å². The molecule has 0 aromatic heterocycles. The summed E-state index contributed by atoms with van der Waals surface area (Å²) >= 11 is 0. The Balaban J connectivity index is 0.00000106. The molecule has 86 valence electrons. The molecule has 0 atom stereocenters. The Morgan fingerprint density at radius 3 is 2.50 bits per heavy atom. The molecule has 0 amide bonds. The highest BCUT2D eigenvalue weighted by Crippen LogP contribution is 2.07. The van der Waals surface area contributed by atoms with Crippen LogP contribution in [-0.2, 0) is 0 Å². The molecule has 1 heterocycles. The maximum Gasteiger partial charge on any atom is 0.0357 e. The van der Waals surface area contributed by atoms with E-state index in [-0.39, 0.29) is 0 Å². The Morgan fingerprint density at radius 2 is 1.81 bits per heavy atom. The standard InChI is InChI=1S/C13H17N.C2H4/c1-3-13-11-9-7-5-4-6-8-10-12-14(13)2;1-2/h3-6,8,10-12H,1,7,9H2,2H3;1-2H2/b5-4+,8-6-,12-10+,13-11-;. The largest absolute Gasteiger partial charge is 0.351 e. The fraction of sp³-hybridized carbons (Fsp3) is 0.200. The van der Waals surface area contributed by atoms with Crippen molar-refractivity contribution in [2.24, 2.45) is 0 Å². The van der Waals surface area contributed by atoms with E-state index in [1.807, 2.05) is 37.6 Å². The number of likely N-dealkylation sites (N-methyl/N-ethyl adjacent to an activating group) is 1. The molecule has 0 N–H and O–H groups in total. The Morgan fingerprint density at radius 1 is 1.12 bits per heavy atom. The van der Waals surface area contributed by atoms with Gasteiger partial charge in [0.25, 0.3) is 0 Å². The molecular weight excluding hydrogens is 194 g/mol. The molecule has 0 radical (unpaired) electrons. The van der Waals surface area contributed by atoms with E-state index in [1.165, 1.54) is 0 Å². The van der Waals surface area contributed by atoms with Crippen LogP contribution in [0, 0.1) is 0 Å². The molecule has 0 unspecified atom stereocenters. The lowest BCUT2D eigenvalue weighted by atomic mass is 10.2. The molecule has 1 heteroatoms. The summed E-state index contributed by atoms with van der Waals surface area (Å²) in [6.07, 6.45) is 18.6. The van der Waals surface area contributed by atoms with Crippen molar-refractivity contribution < 1.29 is 0 Å². The molecule has 0 saturated carbocycles. The summed E-state index contributed by atoms with van der Waals surface area (Å²) < 4.78 is 0. The summed E-state index contributed by atoms with van der Waals surface area (Å²) in [6.45, 7) is 9.80. The highest BCUT2D eigenvalue weighted by Gasteiger charge is 1.94. The van der Waals surface area contributed by atoms with Crippen molar-refractivity contribution >= 4 is 0 Å². The minimum absolute atomic E-state index is 1.06. The second kappa shape index (κ2) is 9.78. The Kier molecular flexibility index (Phi) is 8.71. The second-order valence-electron chi connectivity index (χ2n) is 3.18. The Bertz CT molecular complexity index is 305. The van der Waals surface area contributed by atoms with Crippen molar-refractivity contribution in [3.05, 3.63) is 74.2 Å². The van der Waals surface area contributed by atoms with E-state index >= 15 is 0 Å². The van der Waals surface area contributed by atoms with E-state index in [0.717, 1.165) is 18.5 Å². The quantitative estimate of drug-likeness (QED) is 0.592. The van der Waals surface area contributed by atoms with Gasteiger partial charge in [-0.1, -0.05) is 37.0 Å². The van der Waals surface area contributed by atoms with Crippen LogP contribution < -0.4 is 0 Å². The first-order valence-electron chi connectivity index (χ1n) is 5.40. The number of hydrogen-bond acceptors (Lipinski definition) is 1. The zero-order chi connectivity index (χ0) is 12.2. The molecule has 0 aromatic carbocycles. The highest BCUT2D eigenvalue weighted by molar-refractivity contribution is 5.20. The lowest BCUT2D eigenvalue weighted by Crippen LogP contribution is -2.07. The third-order valence-corrected chi connectivity index (χ3v) is 2.08. The van der Waals surface area contributed by atoms with E-state index in [0.29, 0.717) is 0 Å². The van der Waals surface area contributed by atoms with Gasteiger partial charge in [-0.15, -0.1) is 13.2 Å². The molecule has 0 fully saturated rings. The van der Waals surface area contributed by atoms with Crippen LogP contribution in [0.15, 0.2) is 74.2 Å². The van der Waals surface area contributed by atoms with E-state index < -0.39 is 0 Å². The van der Waals surface area contributed by atoms with Crippen LogP contribution in [0.5, 0.6) is 0 Å². The molecule has 0 bridgehead atoms. The monoisotopic (exact) mass is 215 g/mol. The molecule has 1 nitrogen and oxygen atoms in total. The minimum Gasteiger partial charge on any atom is -0.351 e. The van der Waals surface area contributed by atoms with Crippen molar-refractivity contribution in [1.29, 1.82) is 0 Å². The van der Waals surface area contributed by atoms with Gasteiger partial charge in [0.1, 0.15) is 0 Å². The summed E-state index contributed by atoms with van der Waals surface area (Å²) in [5.74, 6) is 0. The van der Waals surface area contributed by atoms with Gasteiger partial charge in [0.15, 0.2) is 0 Å². The fourth-order valence-corrected chi connectivity index (χ4v) is 1.27. The second-order valence-corrected chi connectivity index (χ2v) is 3.18. The minimum atomic E-state index is 1.06. The predicted molar refractivity (Wildman–Crippen MR) is 74.0 cm³/mol. The maximum absolute atomic E-state index is 3.80. The molecule has 1 aliphatic rings. The molecular formula is C15H21N. The van der Waals surface area contributed by atoms with Gasteiger partial charge in [0, 0.05) is 18.9 Å². The predicted octanol–water partition coefficient (Wildman–Crippen LogP) is 4.21. The number of allylic oxidation sites excluding steroid dienone is 7. The fourth-order valence-electron chi connectivity index (χ4n) is 1.27. The number of nitrogens with zero attached hydrogens (tertiary/aromatic N) is 1. The lowest BCUT2D eigenvalue weighted by molar-refractivity contribution is 0.585. The van der Waals surface area contributed by atoms with E-state index in [1.54, 1.807) is 0 Å². The molecule has 1 rings (SSSR count). The van der Waals surface area contributed by atoms with Gasteiger partial charge in [-0.3, -0.25) is 0 Å². The van der Waals surface area contributed by atoms with E-state index in [4.69, 9.17) is 0 Å². The van der Waals surface area contributed by atoms with Gasteiger partial charge in [0.05, 0.1) is 0 Å². The van der Waals surface area contributed by atoms with Gasteiger partial charge < -0.3 is 4.90 Å². The van der Waals surface area contributed by atoms with Crippen LogP contribution in [0.1, 0.15) is 12.8 Å². The normalized spacial score (nSPS) is 24.8.